The summed E-state index contributed by atoms with van der Waals surface area (Å²) in [5, 5.41) is 6.09. The van der Waals surface area contributed by atoms with Crippen LogP contribution >= 0.6 is 11.6 Å². The number of benzene rings is 3. The molecule has 1 saturated carbocycles. The van der Waals surface area contributed by atoms with Crippen molar-refractivity contribution in [1.82, 2.24) is 4.90 Å². The van der Waals surface area contributed by atoms with E-state index in [-0.39, 0.29) is 30.1 Å². The minimum Gasteiger partial charge on any atom is -0.339 e. The van der Waals surface area contributed by atoms with Gasteiger partial charge in [-0.05, 0) is 97.3 Å². The normalized spacial score (nSPS) is 15.7. The Labute approximate surface area is 226 Å². The molecule has 5 rings (SSSR count). The Morgan fingerprint density at radius 3 is 2.13 bits per heavy atom. The first kappa shape index (κ1) is 25.9. The van der Waals surface area contributed by atoms with Gasteiger partial charge in [0.25, 0.3) is 5.91 Å². The van der Waals surface area contributed by atoms with E-state index in [1.807, 2.05) is 29.2 Å². The first-order chi connectivity index (χ1) is 18.4. The van der Waals surface area contributed by atoms with Crippen LogP contribution in [0.5, 0.6) is 0 Å². The zero-order valence-electron chi connectivity index (χ0n) is 20.9. The van der Waals surface area contributed by atoms with Crippen LogP contribution in [0, 0.1) is 11.7 Å². The molecule has 196 valence electrons. The molecule has 0 unspecified atom stereocenters. The third-order valence-electron chi connectivity index (χ3n) is 7.15. The van der Waals surface area contributed by atoms with Gasteiger partial charge in [0.2, 0.25) is 11.8 Å². The summed E-state index contributed by atoms with van der Waals surface area (Å²) in [6.07, 6.45) is 3.60. The van der Waals surface area contributed by atoms with Crippen molar-refractivity contribution in [2.24, 2.45) is 5.92 Å². The number of halogens is 2. The molecule has 8 heteroatoms. The summed E-state index contributed by atoms with van der Waals surface area (Å²) >= 11 is 6.06. The Bertz CT molecular complexity index is 1330. The van der Waals surface area contributed by atoms with Gasteiger partial charge >= 0.3 is 0 Å². The van der Waals surface area contributed by atoms with Crippen LogP contribution in [-0.2, 0) is 16.0 Å². The van der Waals surface area contributed by atoms with E-state index in [4.69, 9.17) is 11.6 Å². The molecule has 0 spiro atoms. The molecule has 1 aliphatic carbocycles. The lowest BCUT2D eigenvalue weighted by Gasteiger charge is -2.32. The molecule has 0 aromatic heterocycles. The Balaban J connectivity index is 1.10. The van der Waals surface area contributed by atoms with Crippen molar-refractivity contribution in [2.45, 2.75) is 38.0 Å². The number of rotatable bonds is 7. The van der Waals surface area contributed by atoms with Crippen LogP contribution in [0.1, 0.15) is 53.1 Å². The van der Waals surface area contributed by atoms with Crippen LogP contribution in [0.3, 0.4) is 0 Å². The van der Waals surface area contributed by atoms with E-state index in [0.717, 1.165) is 31.4 Å². The highest BCUT2D eigenvalue weighted by Gasteiger charge is 2.29. The number of anilines is 2. The number of carbonyl (C=O) groups excluding carboxylic acids is 3. The minimum absolute atomic E-state index is 0.0000181. The summed E-state index contributed by atoms with van der Waals surface area (Å²) in [5.41, 5.74) is 3.61. The summed E-state index contributed by atoms with van der Waals surface area (Å²) in [5.74, 6) is -0.180. The Morgan fingerprint density at radius 1 is 0.842 bits per heavy atom. The van der Waals surface area contributed by atoms with E-state index in [9.17, 15) is 18.8 Å². The number of carbonyl (C=O) groups is 3. The molecular weight excluding hydrogens is 505 g/mol. The molecule has 6 nitrogen and oxygen atoms in total. The van der Waals surface area contributed by atoms with Gasteiger partial charge in [-0.25, -0.2) is 4.39 Å². The summed E-state index contributed by atoms with van der Waals surface area (Å²) in [4.78, 5) is 39.2. The molecule has 1 aliphatic heterocycles. The van der Waals surface area contributed by atoms with Crippen LogP contribution in [0.2, 0.25) is 5.02 Å². The van der Waals surface area contributed by atoms with E-state index < -0.39 is 5.82 Å². The molecule has 2 fully saturated rings. The zero-order chi connectivity index (χ0) is 26.6. The molecule has 3 amide bonds. The van der Waals surface area contributed by atoms with E-state index in [0.29, 0.717) is 40.8 Å². The van der Waals surface area contributed by atoms with Crippen molar-refractivity contribution in [3.8, 4) is 0 Å². The van der Waals surface area contributed by atoms with Gasteiger partial charge in [0, 0.05) is 41.0 Å². The molecule has 1 heterocycles. The summed E-state index contributed by atoms with van der Waals surface area (Å²) in [6, 6.07) is 18.8. The van der Waals surface area contributed by atoms with Gasteiger partial charge < -0.3 is 15.5 Å². The lowest BCUT2D eigenvalue weighted by atomic mass is 9.89. The number of hydrogen-bond donors (Lipinski definition) is 2. The number of likely N-dealkylation sites (tertiary alicyclic amines) is 1. The summed E-state index contributed by atoms with van der Waals surface area (Å²) < 4.78 is 13.5. The van der Waals surface area contributed by atoms with Gasteiger partial charge in [-0.1, -0.05) is 23.7 Å². The molecule has 1 saturated heterocycles. The van der Waals surface area contributed by atoms with Gasteiger partial charge in [0.15, 0.2) is 0 Å². The fourth-order valence-electron chi connectivity index (χ4n) is 4.78. The Kier molecular flexibility index (Phi) is 7.74. The second kappa shape index (κ2) is 11.4. The van der Waals surface area contributed by atoms with Crippen molar-refractivity contribution >= 4 is 40.7 Å². The predicted octanol–water partition coefficient (Wildman–Crippen LogP) is 6.03. The molecule has 0 atom stereocenters. The maximum Gasteiger partial charge on any atom is 0.253 e. The molecule has 0 bridgehead atoms. The zero-order valence-corrected chi connectivity index (χ0v) is 21.6. The molecule has 3 aromatic rings. The Hall–Kier alpha value is -3.71. The van der Waals surface area contributed by atoms with Crippen LogP contribution in [0.4, 0.5) is 15.8 Å². The lowest BCUT2D eigenvalue weighted by molar-refractivity contribution is -0.117. The molecule has 0 radical (unpaired) electrons. The monoisotopic (exact) mass is 533 g/mol. The van der Waals surface area contributed by atoms with Crippen LogP contribution in [0.25, 0.3) is 0 Å². The highest BCUT2D eigenvalue weighted by molar-refractivity contribution is 6.31. The number of amides is 3. The van der Waals surface area contributed by atoms with Crippen molar-refractivity contribution < 1.29 is 18.8 Å². The lowest BCUT2D eigenvalue weighted by Crippen LogP contribution is -2.37. The maximum absolute atomic E-state index is 13.5. The van der Waals surface area contributed by atoms with Crippen molar-refractivity contribution in [2.75, 3.05) is 23.7 Å². The van der Waals surface area contributed by atoms with Crippen molar-refractivity contribution in [3.05, 3.63) is 94.3 Å². The van der Waals surface area contributed by atoms with Gasteiger partial charge in [-0.15, -0.1) is 0 Å². The summed E-state index contributed by atoms with van der Waals surface area (Å²) in [6.45, 7) is 1.33. The predicted molar refractivity (Wildman–Crippen MR) is 146 cm³/mol. The quantitative estimate of drug-likeness (QED) is 0.389. The first-order valence-electron chi connectivity index (χ1n) is 12.9. The topological polar surface area (TPSA) is 78.5 Å². The number of piperidine rings is 1. The van der Waals surface area contributed by atoms with E-state index in [2.05, 4.69) is 10.6 Å². The maximum atomic E-state index is 13.5. The van der Waals surface area contributed by atoms with Crippen LogP contribution in [0.15, 0.2) is 66.7 Å². The fraction of sp³-hybridized carbons (Fsp3) is 0.300. The second-order valence-electron chi connectivity index (χ2n) is 9.99. The summed E-state index contributed by atoms with van der Waals surface area (Å²) in [7, 11) is 0. The van der Waals surface area contributed by atoms with Gasteiger partial charge in [-0.2, -0.15) is 0 Å². The molecule has 3 aromatic carbocycles. The fourth-order valence-corrected chi connectivity index (χ4v) is 4.96. The van der Waals surface area contributed by atoms with Gasteiger partial charge in [-0.3, -0.25) is 14.4 Å². The standard InChI is InChI=1S/C30H29ClFN3O3/c31-27-12-7-24(32)17-23(27)18-28(36)33-25-8-3-19(4-9-25)20-13-15-35(16-14-20)30(38)22-5-10-26(11-6-22)34-29(37)21-1-2-21/h3-12,17,20-21H,1-2,13-16,18H2,(H,33,36)(H,34,37). The average molecular weight is 534 g/mol. The van der Waals surface area contributed by atoms with Crippen LogP contribution < -0.4 is 10.6 Å². The molecule has 2 aliphatic rings. The highest BCUT2D eigenvalue weighted by Crippen LogP contribution is 2.31. The van der Waals surface area contributed by atoms with E-state index in [1.54, 1.807) is 24.3 Å². The largest absolute Gasteiger partial charge is 0.339 e. The van der Waals surface area contributed by atoms with Crippen molar-refractivity contribution in [3.63, 3.8) is 0 Å². The van der Waals surface area contributed by atoms with Crippen LogP contribution in [-0.4, -0.2) is 35.7 Å². The highest BCUT2D eigenvalue weighted by atomic mass is 35.5. The SMILES string of the molecule is O=C(Cc1cc(F)ccc1Cl)Nc1ccc(C2CCN(C(=O)c3ccc(NC(=O)C4CC4)cc3)CC2)cc1. The third kappa shape index (κ3) is 6.40. The van der Waals surface area contributed by atoms with E-state index >= 15 is 0 Å². The number of hydrogen-bond acceptors (Lipinski definition) is 3. The van der Waals surface area contributed by atoms with Gasteiger partial charge in [0.1, 0.15) is 5.82 Å². The third-order valence-corrected chi connectivity index (χ3v) is 7.52. The average Bonchev–Trinajstić information content (AvgIpc) is 3.77. The van der Waals surface area contributed by atoms with Crippen molar-refractivity contribution in [1.29, 1.82) is 0 Å². The molecule has 38 heavy (non-hydrogen) atoms. The van der Waals surface area contributed by atoms with E-state index in [1.165, 1.54) is 23.8 Å². The number of nitrogens with zero attached hydrogens (tertiary/aromatic N) is 1. The second-order valence-corrected chi connectivity index (χ2v) is 10.4. The molecular formula is C30H29ClFN3O3. The molecule has 2 N–H and O–H groups in total. The Morgan fingerprint density at radius 2 is 1.47 bits per heavy atom. The minimum atomic E-state index is -0.429. The first-order valence-corrected chi connectivity index (χ1v) is 13.3. The smallest absolute Gasteiger partial charge is 0.253 e. The van der Waals surface area contributed by atoms with Gasteiger partial charge in [0.05, 0.1) is 6.42 Å². The number of nitrogens with one attached hydrogen (secondary N) is 2.